The number of ether oxygens (including phenoxy) is 1. The maximum atomic E-state index is 13.2. The number of benzene rings is 1. The van der Waals surface area contributed by atoms with Gasteiger partial charge in [0.05, 0.1) is 18.9 Å². The van der Waals surface area contributed by atoms with Crippen LogP contribution in [0.25, 0.3) is 11.1 Å². The zero-order chi connectivity index (χ0) is 19.5. The Morgan fingerprint density at radius 2 is 1.89 bits per heavy atom. The summed E-state index contributed by atoms with van der Waals surface area (Å²) in [6.45, 7) is 5.65. The fourth-order valence-corrected chi connectivity index (χ4v) is 3.68. The summed E-state index contributed by atoms with van der Waals surface area (Å²) in [7, 11) is 1.67. The van der Waals surface area contributed by atoms with Gasteiger partial charge in [0.1, 0.15) is 11.4 Å². The first-order valence-corrected chi connectivity index (χ1v) is 9.57. The van der Waals surface area contributed by atoms with Gasteiger partial charge >= 0.3 is 0 Å². The van der Waals surface area contributed by atoms with E-state index in [0.29, 0.717) is 25.3 Å². The van der Waals surface area contributed by atoms with Gasteiger partial charge in [-0.05, 0) is 31.2 Å². The average Bonchev–Trinajstić information content (AvgIpc) is 3.33. The van der Waals surface area contributed by atoms with E-state index in [-0.39, 0.29) is 5.91 Å². The van der Waals surface area contributed by atoms with Crippen LogP contribution >= 0.6 is 0 Å². The van der Waals surface area contributed by atoms with Gasteiger partial charge in [0, 0.05) is 50.5 Å². The lowest BCUT2D eigenvalue weighted by Gasteiger charge is -2.36. The Bertz CT molecular complexity index is 976. The number of rotatable bonds is 5. The van der Waals surface area contributed by atoms with Gasteiger partial charge in [0.15, 0.2) is 5.58 Å². The molecule has 0 bridgehead atoms. The number of hydrogen-bond acceptors (Lipinski definition) is 4. The van der Waals surface area contributed by atoms with Crippen LogP contribution in [0.4, 0.5) is 5.69 Å². The number of fused-ring (bicyclic) bond motifs is 1. The minimum Gasteiger partial charge on any atom is -0.497 e. The third-order valence-corrected chi connectivity index (χ3v) is 5.27. The molecule has 1 aliphatic heterocycles. The predicted molar refractivity (Wildman–Crippen MR) is 110 cm³/mol. The van der Waals surface area contributed by atoms with E-state index in [4.69, 9.17) is 9.15 Å². The molecule has 0 saturated carbocycles. The minimum absolute atomic E-state index is 0.0604. The topological polar surface area (TPSA) is 50.9 Å². The first-order valence-electron chi connectivity index (χ1n) is 9.57. The Balaban J connectivity index is 1.48. The first-order chi connectivity index (χ1) is 13.7. The van der Waals surface area contributed by atoms with Crippen molar-refractivity contribution in [2.24, 2.45) is 0 Å². The van der Waals surface area contributed by atoms with E-state index < -0.39 is 0 Å². The summed E-state index contributed by atoms with van der Waals surface area (Å²) in [5.74, 6) is 0.911. The summed E-state index contributed by atoms with van der Waals surface area (Å²) in [5.41, 5.74) is 3.55. The highest BCUT2D eigenvalue weighted by Crippen LogP contribution is 2.24. The molecular weight excluding hydrogens is 354 g/mol. The van der Waals surface area contributed by atoms with Crippen LogP contribution in [0.2, 0.25) is 0 Å². The van der Waals surface area contributed by atoms with Crippen molar-refractivity contribution in [2.45, 2.75) is 13.5 Å². The normalized spacial score (nSPS) is 14.9. The fourth-order valence-electron chi connectivity index (χ4n) is 3.68. The monoisotopic (exact) mass is 379 g/mol. The summed E-state index contributed by atoms with van der Waals surface area (Å²) < 4.78 is 12.8. The Kier molecular flexibility index (Phi) is 5.10. The second kappa shape index (κ2) is 7.84. The number of nitrogens with zero attached hydrogens (tertiary/aromatic N) is 3. The van der Waals surface area contributed by atoms with E-state index in [1.54, 1.807) is 13.4 Å². The molecule has 1 amide bonds. The molecular formula is C22H25N3O3. The SMILES string of the molecule is C/C=C\Cn1c(C(=O)N2CCN(c3ccc(OC)cc3)CC2)cc2occc21. The summed E-state index contributed by atoms with van der Waals surface area (Å²) >= 11 is 0. The van der Waals surface area contributed by atoms with E-state index in [1.807, 2.05) is 52.8 Å². The van der Waals surface area contributed by atoms with Gasteiger partial charge in [-0.3, -0.25) is 4.79 Å². The van der Waals surface area contributed by atoms with Gasteiger partial charge < -0.3 is 23.5 Å². The molecule has 0 spiro atoms. The molecule has 1 saturated heterocycles. The molecule has 0 atom stereocenters. The Morgan fingerprint density at radius 1 is 1.14 bits per heavy atom. The molecule has 6 nitrogen and oxygen atoms in total. The number of anilines is 1. The number of amides is 1. The van der Waals surface area contributed by atoms with Gasteiger partial charge in [0.25, 0.3) is 5.91 Å². The third-order valence-electron chi connectivity index (χ3n) is 5.27. The first kappa shape index (κ1) is 18.2. The van der Waals surface area contributed by atoms with Crippen molar-refractivity contribution in [3.8, 4) is 5.75 Å². The van der Waals surface area contributed by atoms with Crippen LogP contribution in [0.1, 0.15) is 17.4 Å². The second-order valence-corrected chi connectivity index (χ2v) is 6.86. The summed E-state index contributed by atoms with van der Waals surface area (Å²) in [6, 6.07) is 11.8. The van der Waals surface area contributed by atoms with E-state index in [1.165, 1.54) is 0 Å². The minimum atomic E-state index is 0.0604. The smallest absolute Gasteiger partial charge is 0.270 e. The van der Waals surface area contributed by atoms with Gasteiger partial charge in [-0.15, -0.1) is 0 Å². The van der Waals surface area contributed by atoms with E-state index in [9.17, 15) is 4.79 Å². The molecule has 3 heterocycles. The standard InChI is InChI=1S/C22H25N3O3/c1-3-4-10-25-19-9-15-28-21(19)16-20(25)22(26)24-13-11-23(12-14-24)17-5-7-18(27-2)8-6-17/h3-9,15-16H,10-14H2,1-2H3/b4-3-. The lowest BCUT2D eigenvalue weighted by Crippen LogP contribution is -2.49. The van der Waals surface area contributed by atoms with Crippen molar-refractivity contribution in [3.63, 3.8) is 0 Å². The quantitative estimate of drug-likeness (QED) is 0.633. The maximum absolute atomic E-state index is 13.2. The summed E-state index contributed by atoms with van der Waals surface area (Å²) in [6.07, 6.45) is 5.71. The molecule has 6 heteroatoms. The molecule has 28 heavy (non-hydrogen) atoms. The number of carbonyl (C=O) groups is 1. The number of allylic oxidation sites excluding steroid dienone is 2. The molecule has 1 aromatic carbocycles. The molecule has 146 valence electrons. The lowest BCUT2D eigenvalue weighted by atomic mass is 10.2. The largest absolute Gasteiger partial charge is 0.497 e. The van der Waals surface area contributed by atoms with Crippen molar-refractivity contribution in [2.75, 3.05) is 38.2 Å². The Labute approximate surface area is 164 Å². The van der Waals surface area contributed by atoms with E-state index >= 15 is 0 Å². The highest BCUT2D eigenvalue weighted by atomic mass is 16.5. The van der Waals surface area contributed by atoms with E-state index in [2.05, 4.69) is 17.0 Å². The van der Waals surface area contributed by atoms with Gasteiger partial charge in [-0.1, -0.05) is 12.2 Å². The summed E-state index contributed by atoms with van der Waals surface area (Å²) in [4.78, 5) is 17.4. The second-order valence-electron chi connectivity index (χ2n) is 6.86. The van der Waals surface area contributed by atoms with Crippen LogP contribution in [-0.4, -0.2) is 48.7 Å². The van der Waals surface area contributed by atoms with Crippen LogP contribution in [0, 0.1) is 0 Å². The molecule has 0 radical (unpaired) electrons. The maximum Gasteiger partial charge on any atom is 0.270 e. The zero-order valence-corrected chi connectivity index (χ0v) is 16.3. The van der Waals surface area contributed by atoms with Crippen molar-refractivity contribution in [1.29, 1.82) is 0 Å². The van der Waals surface area contributed by atoms with E-state index in [0.717, 1.165) is 35.6 Å². The van der Waals surface area contributed by atoms with Crippen LogP contribution < -0.4 is 9.64 Å². The van der Waals surface area contributed by atoms with Gasteiger partial charge in [-0.2, -0.15) is 0 Å². The number of carbonyl (C=O) groups excluding carboxylic acids is 1. The number of hydrogen-bond donors (Lipinski definition) is 0. The third kappa shape index (κ3) is 3.38. The number of aromatic nitrogens is 1. The van der Waals surface area contributed by atoms with Gasteiger partial charge in [-0.25, -0.2) is 0 Å². The van der Waals surface area contributed by atoms with Gasteiger partial charge in [0.2, 0.25) is 0 Å². The molecule has 1 aliphatic rings. The van der Waals surface area contributed by atoms with Crippen LogP contribution in [-0.2, 0) is 6.54 Å². The highest BCUT2D eigenvalue weighted by molar-refractivity contribution is 5.97. The molecule has 3 aromatic rings. The predicted octanol–water partition coefficient (Wildman–Crippen LogP) is 3.78. The van der Waals surface area contributed by atoms with Crippen molar-refractivity contribution in [3.05, 3.63) is 60.5 Å². The lowest BCUT2D eigenvalue weighted by molar-refractivity contribution is 0.0737. The van der Waals surface area contributed by atoms with Crippen LogP contribution in [0.15, 0.2) is 59.2 Å². The average molecular weight is 379 g/mol. The molecule has 1 fully saturated rings. The number of methoxy groups -OCH3 is 1. The Hall–Kier alpha value is -3.15. The fraction of sp³-hybridized carbons (Fsp3) is 0.318. The molecule has 2 aromatic heterocycles. The highest BCUT2D eigenvalue weighted by Gasteiger charge is 2.26. The number of piperazine rings is 1. The van der Waals surface area contributed by atoms with Crippen molar-refractivity contribution < 1.29 is 13.9 Å². The molecule has 0 aliphatic carbocycles. The summed E-state index contributed by atoms with van der Waals surface area (Å²) in [5, 5.41) is 0. The zero-order valence-electron chi connectivity index (χ0n) is 16.3. The van der Waals surface area contributed by atoms with Crippen molar-refractivity contribution >= 4 is 22.7 Å². The van der Waals surface area contributed by atoms with Crippen LogP contribution in [0.3, 0.4) is 0 Å². The molecule has 4 rings (SSSR count). The molecule has 0 unspecified atom stereocenters. The van der Waals surface area contributed by atoms with Crippen LogP contribution in [0.5, 0.6) is 5.75 Å². The Morgan fingerprint density at radius 3 is 2.57 bits per heavy atom. The number of furan rings is 1. The molecule has 0 N–H and O–H groups in total. The van der Waals surface area contributed by atoms with Crippen molar-refractivity contribution in [1.82, 2.24) is 9.47 Å².